The molecule has 9 aromatic carbocycles. The molecule has 22 heteroatoms. The van der Waals surface area contributed by atoms with Gasteiger partial charge in [-0.05, 0) is 139 Å². The van der Waals surface area contributed by atoms with Crippen LogP contribution in [0.2, 0.25) is 0 Å². The summed E-state index contributed by atoms with van der Waals surface area (Å²) in [6.07, 6.45) is 0.0924. The first-order chi connectivity index (χ1) is 34.4. The van der Waals surface area contributed by atoms with Crippen LogP contribution in [-0.2, 0) is 30.4 Å². The van der Waals surface area contributed by atoms with Crippen molar-refractivity contribution in [1.82, 2.24) is 0 Å². The van der Waals surface area contributed by atoms with Crippen molar-refractivity contribution in [1.29, 1.82) is 0 Å². The number of phenolic OH excluding ortho intramolecular Hbond substituents is 1. The van der Waals surface area contributed by atoms with E-state index in [1.165, 1.54) is 48.5 Å². The van der Waals surface area contributed by atoms with Crippen LogP contribution in [0.15, 0.2) is 192 Å². The molecule has 0 aliphatic rings. The summed E-state index contributed by atoms with van der Waals surface area (Å²) in [5.74, 6) is 0.637. The standard InChI is InChI=1S/C50H39N7O12S3/c1-68-35-11-7-32(8-12-35)51-33-9-16-39-31(26-33)6-19-48(50(39)58)57-56-47-23-21-45(41-18-14-37(29-43(41)47)72(65,66)67)54-55-46-22-20-44(40-17-13-36(28-42(40)46)71(62,63)64)53-52-34-10-15-38-30(27-34)4-2-5-49(38)69-24-3-25-70(59,60)61/h2,4-23,26-29,51,58H,3,24-25H2,1H3,(H,59,60,61)(H,62,63,64)(H,65,66,67). The number of nitrogens with one attached hydrogen (secondary N) is 1. The number of fused-ring (bicyclic) bond motifs is 4. The molecule has 0 aromatic heterocycles. The highest BCUT2D eigenvalue weighted by Gasteiger charge is 2.17. The van der Waals surface area contributed by atoms with E-state index in [1.807, 2.05) is 36.4 Å². The van der Waals surface area contributed by atoms with E-state index in [0.717, 1.165) is 27.9 Å². The minimum atomic E-state index is -4.68. The third-order valence-electron chi connectivity index (χ3n) is 11.3. The highest BCUT2D eigenvalue weighted by molar-refractivity contribution is 7.86. The van der Waals surface area contributed by atoms with Crippen LogP contribution in [-0.4, -0.2) is 63.5 Å². The lowest BCUT2D eigenvalue weighted by Crippen LogP contribution is -2.08. The summed E-state index contributed by atoms with van der Waals surface area (Å²) < 4.78 is 111. The summed E-state index contributed by atoms with van der Waals surface area (Å²) in [7, 11) is -11.9. The molecular formula is C50H39N7O12S3. The summed E-state index contributed by atoms with van der Waals surface area (Å²) >= 11 is 0. The second kappa shape index (κ2) is 19.9. The number of azo groups is 3. The first kappa shape index (κ1) is 48.8. The molecule has 0 radical (unpaired) electrons. The number of methoxy groups -OCH3 is 1. The Kier molecular flexibility index (Phi) is 13.5. The SMILES string of the molecule is COc1ccc(Nc2ccc3c(O)c(N=Nc4ccc(N=Nc5ccc(N=Nc6ccc7c(OCCCS(=O)(=O)O)cccc7c6)c6ccc(S(=O)(=O)O)cc56)c5ccc(S(=O)(=O)O)cc45)ccc3c2)cc1. The van der Waals surface area contributed by atoms with Crippen molar-refractivity contribution >= 4 is 119 Å². The number of benzene rings is 9. The van der Waals surface area contributed by atoms with Crippen LogP contribution in [0.5, 0.6) is 17.2 Å². The molecule has 19 nitrogen and oxygen atoms in total. The molecule has 0 saturated heterocycles. The van der Waals surface area contributed by atoms with Gasteiger partial charge in [0.15, 0.2) is 5.75 Å². The molecule has 9 aromatic rings. The van der Waals surface area contributed by atoms with Gasteiger partial charge in [0.2, 0.25) is 0 Å². The molecule has 72 heavy (non-hydrogen) atoms. The fourth-order valence-electron chi connectivity index (χ4n) is 7.74. The molecule has 0 amide bonds. The molecule has 0 heterocycles. The van der Waals surface area contributed by atoms with E-state index >= 15 is 0 Å². The Hall–Kier alpha value is -8.25. The monoisotopic (exact) mass is 1030 g/mol. The van der Waals surface area contributed by atoms with E-state index in [2.05, 4.69) is 36.0 Å². The first-order valence-electron chi connectivity index (χ1n) is 21.5. The Bertz CT molecular complexity index is 4060. The van der Waals surface area contributed by atoms with Crippen LogP contribution in [0.4, 0.5) is 45.5 Å². The highest BCUT2D eigenvalue weighted by atomic mass is 32.2. The summed E-state index contributed by atoms with van der Waals surface area (Å²) in [4.78, 5) is -0.858. The van der Waals surface area contributed by atoms with Crippen LogP contribution in [0.3, 0.4) is 0 Å². The van der Waals surface area contributed by atoms with Crippen molar-refractivity contribution < 1.29 is 53.5 Å². The fourth-order valence-corrected chi connectivity index (χ4v) is 9.24. The zero-order valence-corrected chi connectivity index (χ0v) is 40.0. The van der Waals surface area contributed by atoms with E-state index in [9.17, 15) is 39.5 Å². The molecule has 0 bridgehead atoms. The van der Waals surface area contributed by atoms with Crippen molar-refractivity contribution in [3.8, 4) is 17.2 Å². The van der Waals surface area contributed by atoms with Gasteiger partial charge in [-0.25, -0.2) is 0 Å². The second-order valence-corrected chi connectivity index (χ2v) is 20.5. The summed E-state index contributed by atoms with van der Waals surface area (Å²) in [6.45, 7) is 0.0598. The zero-order valence-electron chi connectivity index (χ0n) is 37.5. The largest absolute Gasteiger partial charge is 0.505 e. The molecular weight excluding hydrogens is 987 g/mol. The number of ether oxygens (including phenoxy) is 2. The normalized spacial score (nSPS) is 12.6. The zero-order chi connectivity index (χ0) is 50.8. The molecule has 0 aliphatic heterocycles. The lowest BCUT2D eigenvalue weighted by atomic mass is 10.1. The number of rotatable bonds is 16. The Labute approximate surface area is 411 Å². The van der Waals surface area contributed by atoms with E-state index in [4.69, 9.17) is 14.0 Å². The number of nitrogens with zero attached hydrogens (tertiary/aromatic N) is 6. The van der Waals surface area contributed by atoms with Crippen molar-refractivity contribution in [3.63, 3.8) is 0 Å². The van der Waals surface area contributed by atoms with Gasteiger partial charge in [0.1, 0.15) is 17.2 Å². The number of anilines is 2. The number of aromatic hydroxyl groups is 1. The van der Waals surface area contributed by atoms with Gasteiger partial charge >= 0.3 is 0 Å². The summed E-state index contributed by atoms with van der Waals surface area (Å²) in [5, 5.41) is 44.9. The predicted molar refractivity (Wildman–Crippen MR) is 272 cm³/mol. The van der Waals surface area contributed by atoms with Gasteiger partial charge in [0.25, 0.3) is 30.4 Å². The van der Waals surface area contributed by atoms with Crippen LogP contribution in [0, 0.1) is 0 Å². The maximum absolute atomic E-state index is 12.3. The predicted octanol–water partition coefficient (Wildman–Crippen LogP) is 13.2. The Morgan fingerprint density at radius 2 is 1.00 bits per heavy atom. The van der Waals surface area contributed by atoms with Gasteiger partial charge < -0.3 is 19.9 Å². The maximum atomic E-state index is 12.3. The third-order valence-corrected chi connectivity index (χ3v) is 13.8. The van der Waals surface area contributed by atoms with Gasteiger partial charge in [0, 0.05) is 43.7 Å². The Balaban J connectivity index is 1.02. The fraction of sp³-hybridized carbons (Fsp3) is 0.0800. The van der Waals surface area contributed by atoms with E-state index in [0.29, 0.717) is 38.7 Å². The van der Waals surface area contributed by atoms with Gasteiger partial charge in [-0.15, -0.1) is 25.6 Å². The smallest absolute Gasteiger partial charge is 0.294 e. The second-order valence-electron chi connectivity index (χ2n) is 16.0. The quantitative estimate of drug-likeness (QED) is 0.0342. The topological polar surface area (TPSA) is 288 Å². The van der Waals surface area contributed by atoms with Crippen molar-refractivity contribution in [2.45, 2.75) is 16.2 Å². The minimum Gasteiger partial charge on any atom is -0.505 e. The maximum Gasteiger partial charge on any atom is 0.294 e. The summed E-state index contributed by atoms with van der Waals surface area (Å²) in [5.41, 5.74) is 3.01. The number of hydrogen-bond donors (Lipinski definition) is 5. The number of phenols is 1. The lowest BCUT2D eigenvalue weighted by Gasteiger charge is -2.10. The molecule has 0 spiro atoms. The van der Waals surface area contributed by atoms with Crippen molar-refractivity contribution in [3.05, 3.63) is 152 Å². The van der Waals surface area contributed by atoms with Crippen molar-refractivity contribution in [2.75, 3.05) is 24.8 Å². The van der Waals surface area contributed by atoms with Gasteiger partial charge in [-0.3, -0.25) is 13.7 Å². The van der Waals surface area contributed by atoms with Crippen molar-refractivity contribution in [2.24, 2.45) is 30.7 Å². The van der Waals surface area contributed by atoms with Crippen LogP contribution < -0.4 is 14.8 Å². The summed E-state index contributed by atoms with van der Waals surface area (Å²) in [6, 6.07) is 40.5. The Morgan fingerprint density at radius 1 is 0.486 bits per heavy atom. The van der Waals surface area contributed by atoms with Crippen LogP contribution >= 0.6 is 0 Å². The molecule has 364 valence electrons. The van der Waals surface area contributed by atoms with E-state index in [1.54, 1.807) is 73.8 Å². The Morgan fingerprint density at radius 3 is 1.58 bits per heavy atom. The number of hydrogen-bond acceptors (Lipinski definition) is 16. The van der Waals surface area contributed by atoms with E-state index < -0.39 is 45.9 Å². The average molecular weight is 1030 g/mol. The lowest BCUT2D eigenvalue weighted by molar-refractivity contribution is 0.319. The highest BCUT2D eigenvalue weighted by Crippen LogP contribution is 2.42. The molecule has 0 atom stereocenters. The molecule has 9 rings (SSSR count). The molecule has 0 saturated carbocycles. The van der Waals surface area contributed by atoms with Crippen LogP contribution in [0.25, 0.3) is 43.1 Å². The molecule has 0 aliphatic carbocycles. The van der Waals surface area contributed by atoms with Crippen LogP contribution in [0.1, 0.15) is 6.42 Å². The third kappa shape index (κ3) is 11.0. The van der Waals surface area contributed by atoms with Gasteiger partial charge in [-0.2, -0.15) is 30.4 Å². The molecule has 0 unspecified atom stereocenters. The van der Waals surface area contributed by atoms with Gasteiger partial charge in [0.05, 0.1) is 57.7 Å². The minimum absolute atomic E-state index is 0.0598. The van der Waals surface area contributed by atoms with Gasteiger partial charge in [-0.1, -0.05) is 30.3 Å². The first-order valence-corrected chi connectivity index (χ1v) is 26.0. The molecule has 5 N–H and O–H groups in total. The average Bonchev–Trinajstić information content (AvgIpc) is 3.35. The van der Waals surface area contributed by atoms with E-state index in [-0.39, 0.29) is 52.3 Å². The molecule has 0 fully saturated rings.